The van der Waals surface area contributed by atoms with E-state index in [1.165, 1.54) is 19.4 Å². The standard InChI is InChI=1S/C19H19F3N4O2/c1-11-17(12(2)27)18(28-24-11)13-3-5-25(6-4-13)16-8-14(19(20,21)22)7-15-9-23-10-26(15)16/h7-10,13H,3-6H2,1-2H3. The highest BCUT2D eigenvalue weighted by Crippen LogP contribution is 2.36. The van der Waals surface area contributed by atoms with Gasteiger partial charge in [0.2, 0.25) is 0 Å². The van der Waals surface area contributed by atoms with E-state index >= 15 is 0 Å². The normalized spacial score (nSPS) is 16.1. The molecule has 0 amide bonds. The molecular weight excluding hydrogens is 373 g/mol. The average molecular weight is 392 g/mol. The summed E-state index contributed by atoms with van der Waals surface area (Å²) in [5.74, 6) is 0.970. The number of Topliss-reactive ketones (excluding diaryl/α,β-unsaturated/α-hetero) is 1. The molecule has 6 nitrogen and oxygen atoms in total. The fourth-order valence-electron chi connectivity index (χ4n) is 3.89. The molecule has 3 aromatic heterocycles. The van der Waals surface area contributed by atoms with E-state index in [1.807, 2.05) is 4.90 Å². The van der Waals surface area contributed by atoms with E-state index < -0.39 is 11.7 Å². The first-order valence-corrected chi connectivity index (χ1v) is 9.01. The second-order valence-corrected chi connectivity index (χ2v) is 7.11. The van der Waals surface area contributed by atoms with Crippen LogP contribution in [0.25, 0.3) is 5.52 Å². The van der Waals surface area contributed by atoms with Crippen LogP contribution in [-0.2, 0) is 6.18 Å². The summed E-state index contributed by atoms with van der Waals surface area (Å²) in [6, 6.07) is 2.26. The molecule has 4 heterocycles. The topological polar surface area (TPSA) is 63.6 Å². The number of hydrogen-bond donors (Lipinski definition) is 0. The predicted octanol–water partition coefficient (Wildman–Crippen LogP) is 4.24. The van der Waals surface area contributed by atoms with Crippen LogP contribution in [0.3, 0.4) is 0 Å². The first-order chi connectivity index (χ1) is 13.3. The number of anilines is 1. The lowest BCUT2D eigenvalue weighted by Gasteiger charge is -2.33. The zero-order valence-corrected chi connectivity index (χ0v) is 15.5. The molecule has 1 aliphatic rings. The maximum Gasteiger partial charge on any atom is 0.416 e. The number of halogens is 3. The van der Waals surface area contributed by atoms with Gasteiger partial charge in [0.1, 0.15) is 12.1 Å². The van der Waals surface area contributed by atoms with E-state index in [9.17, 15) is 18.0 Å². The highest BCUT2D eigenvalue weighted by atomic mass is 19.4. The van der Waals surface area contributed by atoms with Gasteiger partial charge in [-0.3, -0.25) is 9.20 Å². The summed E-state index contributed by atoms with van der Waals surface area (Å²) in [7, 11) is 0. The quantitative estimate of drug-likeness (QED) is 0.624. The summed E-state index contributed by atoms with van der Waals surface area (Å²) in [5.41, 5.74) is 0.802. The molecule has 1 saturated heterocycles. The zero-order chi connectivity index (χ0) is 20.1. The minimum absolute atomic E-state index is 0.0143. The van der Waals surface area contributed by atoms with Crippen molar-refractivity contribution < 1.29 is 22.5 Å². The monoisotopic (exact) mass is 392 g/mol. The summed E-state index contributed by atoms with van der Waals surface area (Å²) in [6.45, 7) is 4.29. The first kappa shape index (κ1) is 18.5. The van der Waals surface area contributed by atoms with Crippen LogP contribution in [0.5, 0.6) is 0 Å². The highest BCUT2D eigenvalue weighted by molar-refractivity contribution is 5.96. The zero-order valence-electron chi connectivity index (χ0n) is 15.5. The van der Waals surface area contributed by atoms with Crippen molar-refractivity contribution in [2.75, 3.05) is 18.0 Å². The molecule has 0 aromatic carbocycles. The number of carbonyl (C=O) groups is 1. The Morgan fingerprint density at radius 3 is 2.61 bits per heavy atom. The van der Waals surface area contributed by atoms with Crippen LogP contribution in [0.2, 0.25) is 0 Å². The lowest BCUT2D eigenvalue weighted by molar-refractivity contribution is -0.137. The Balaban J connectivity index is 1.61. The van der Waals surface area contributed by atoms with Gasteiger partial charge in [-0.2, -0.15) is 13.2 Å². The van der Waals surface area contributed by atoms with Crippen LogP contribution >= 0.6 is 0 Å². The number of imidazole rings is 1. The van der Waals surface area contributed by atoms with Crippen molar-refractivity contribution in [1.82, 2.24) is 14.5 Å². The molecule has 0 atom stereocenters. The number of pyridine rings is 1. The molecule has 3 aromatic rings. The number of aromatic nitrogens is 3. The van der Waals surface area contributed by atoms with Crippen molar-refractivity contribution in [2.45, 2.75) is 38.8 Å². The molecule has 1 aliphatic heterocycles. The summed E-state index contributed by atoms with van der Waals surface area (Å²) >= 11 is 0. The molecule has 4 rings (SSSR count). The van der Waals surface area contributed by atoms with Gasteiger partial charge in [0, 0.05) is 19.0 Å². The van der Waals surface area contributed by atoms with Crippen molar-refractivity contribution in [3.63, 3.8) is 0 Å². The number of alkyl halides is 3. The SMILES string of the molecule is CC(=O)c1c(C)noc1C1CCN(c2cc(C(F)(F)F)cc3cncn23)CC1. The Kier molecular flexibility index (Phi) is 4.40. The predicted molar refractivity (Wildman–Crippen MR) is 95.6 cm³/mol. The van der Waals surface area contributed by atoms with Crippen molar-refractivity contribution >= 4 is 17.1 Å². The fourth-order valence-corrected chi connectivity index (χ4v) is 3.89. The Labute approximate surface area is 158 Å². The number of aryl methyl sites for hydroxylation is 1. The third kappa shape index (κ3) is 3.14. The number of carbonyl (C=O) groups excluding carboxylic acids is 1. The lowest BCUT2D eigenvalue weighted by atomic mass is 9.90. The minimum atomic E-state index is -4.42. The van der Waals surface area contributed by atoms with Gasteiger partial charge >= 0.3 is 6.18 Å². The molecule has 0 aliphatic carbocycles. The molecule has 0 N–H and O–H groups in total. The summed E-state index contributed by atoms with van der Waals surface area (Å²) in [4.78, 5) is 17.8. The first-order valence-electron chi connectivity index (χ1n) is 9.01. The molecule has 0 saturated carbocycles. The van der Waals surface area contributed by atoms with Gasteiger partial charge in [-0.1, -0.05) is 5.16 Å². The Hall–Kier alpha value is -2.84. The van der Waals surface area contributed by atoms with Crippen LogP contribution in [0, 0.1) is 6.92 Å². The molecular formula is C19H19F3N4O2. The van der Waals surface area contributed by atoms with Crippen molar-refractivity contribution in [3.05, 3.63) is 47.2 Å². The Morgan fingerprint density at radius 1 is 1.25 bits per heavy atom. The van der Waals surface area contributed by atoms with E-state index in [1.54, 1.807) is 11.3 Å². The number of piperidine rings is 1. The minimum Gasteiger partial charge on any atom is -0.360 e. The molecule has 0 radical (unpaired) electrons. The second kappa shape index (κ2) is 6.65. The third-order valence-electron chi connectivity index (χ3n) is 5.26. The third-order valence-corrected chi connectivity index (χ3v) is 5.26. The van der Waals surface area contributed by atoms with Crippen LogP contribution in [-0.4, -0.2) is 33.4 Å². The van der Waals surface area contributed by atoms with E-state index in [0.29, 0.717) is 54.3 Å². The van der Waals surface area contributed by atoms with Gasteiger partial charge in [0.05, 0.1) is 28.5 Å². The number of rotatable bonds is 3. The van der Waals surface area contributed by atoms with Gasteiger partial charge in [0.25, 0.3) is 0 Å². The summed E-state index contributed by atoms with van der Waals surface area (Å²) in [5, 5.41) is 3.92. The lowest BCUT2D eigenvalue weighted by Crippen LogP contribution is -2.34. The smallest absolute Gasteiger partial charge is 0.360 e. The molecule has 0 bridgehead atoms. The van der Waals surface area contributed by atoms with Gasteiger partial charge in [-0.15, -0.1) is 0 Å². The van der Waals surface area contributed by atoms with E-state index in [2.05, 4.69) is 10.1 Å². The van der Waals surface area contributed by atoms with Crippen molar-refractivity contribution in [1.29, 1.82) is 0 Å². The molecule has 1 fully saturated rings. The maximum absolute atomic E-state index is 13.3. The van der Waals surface area contributed by atoms with Crippen LogP contribution in [0.15, 0.2) is 29.2 Å². The number of hydrogen-bond acceptors (Lipinski definition) is 5. The number of ketones is 1. The molecule has 0 unspecified atom stereocenters. The van der Waals surface area contributed by atoms with Crippen molar-refractivity contribution in [3.8, 4) is 0 Å². The van der Waals surface area contributed by atoms with Gasteiger partial charge in [-0.25, -0.2) is 4.98 Å². The second-order valence-electron chi connectivity index (χ2n) is 7.11. The van der Waals surface area contributed by atoms with Crippen LogP contribution in [0.1, 0.15) is 53.1 Å². The van der Waals surface area contributed by atoms with Gasteiger partial charge in [0.15, 0.2) is 11.5 Å². The van der Waals surface area contributed by atoms with Gasteiger partial charge < -0.3 is 9.42 Å². The van der Waals surface area contributed by atoms with E-state index in [-0.39, 0.29) is 11.7 Å². The number of fused-ring (bicyclic) bond motifs is 1. The Morgan fingerprint density at radius 2 is 1.96 bits per heavy atom. The average Bonchev–Trinajstić information content (AvgIpc) is 3.26. The van der Waals surface area contributed by atoms with Crippen LogP contribution < -0.4 is 4.90 Å². The number of nitrogens with zero attached hydrogens (tertiary/aromatic N) is 4. The van der Waals surface area contributed by atoms with E-state index in [0.717, 1.165) is 12.1 Å². The largest absolute Gasteiger partial charge is 0.416 e. The maximum atomic E-state index is 13.3. The molecule has 28 heavy (non-hydrogen) atoms. The fraction of sp³-hybridized carbons (Fsp3) is 0.421. The van der Waals surface area contributed by atoms with E-state index in [4.69, 9.17) is 4.52 Å². The molecule has 148 valence electrons. The van der Waals surface area contributed by atoms with Gasteiger partial charge in [-0.05, 0) is 38.8 Å². The summed E-state index contributed by atoms with van der Waals surface area (Å²) < 4.78 is 46.9. The molecule has 9 heteroatoms. The molecule has 0 spiro atoms. The summed E-state index contributed by atoms with van der Waals surface area (Å²) in [6.07, 6.45) is -0.179. The highest BCUT2D eigenvalue weighted by Gasteiger charge is 2.34. The Bertz CT molecular complexity index is 1030. The van der Waals surface area contributed by atoms with Crippen LogP contribution in [0.4, 0.5) is 19.0 Å². The van der Waals surface area contributed by atoms with Crippen molar-refractivity contribution in [2.24, 2.45) is 0 Å².